The van der Waals surface area contributed by atoms with Gasteiger partial charge in [0.1, 0.15) is 35.7 Å². The van der Waals surface area contributed by atoms with Crippen LogP contribution in [-0.4, -0.2) is 85.5 Å². The molecule has 64 heavy (non-hydrogen) atoms. The van der Waals surface area contributed by atoms with E-state index in [1.807, 2.05) is 0 Å². The number of benzene rings is 1. The number of fused-ring (bicyclic) bond motifs is 1. The number of aliphatic hydroxyl groups excluding tert-OH is 2. The van der Waals surface area contributed by atoms with Crippen molar-refractivity contribution in [2.45, 2.75) is 148 Å². The van der Waals surface area contributed by atoms with E-state index in [2.05, 4.69) is 6.92 Å². The highest BCUT2D eigenvalue weighted by Crippen LogP contribution is 2.39. The van der Waals surface area contributed by atoms with E-state index in [4.69, 9.17) is 18.9 Å². The van der Waals surface area contributed by atoms with Crippen molar-refractivity contribution in [3.05, 3.63) is 105 Å². The molecule has 0 fully saturated rings. The Balaban J connectivity index is 1.25. The smallest absolute Gasteiger partial charge is 0.343 e. The zero-order valence-corrected chi connectivity index (χ0v) is 37.3. The minimum atomic E-state index is -2.29. The van der Waals surface area contributed by atoms with E-state index in [-0.39, 0.29) is 76.1 Å². The van der Waals surface area contributed by atoms with E-state index in [1.165, 1.54) is 50.3 Å². The zero-order valence-electron chi connectivity index (χ0n) is 37.3. The lowest BCUT2D eigenvalue weighted by molar-refractivity contribution is -0.169. The molecule has 0 saturated carbocycles. The van der Waals surface area contributed by atoms with Gasteiger partial charge in [-0.25, -0.2) is 4.79 Å². The van der Waals surface area contributed by atoms with Gasteiger partial charge >= 0.3 is 11.9 Å². The molecule has 4 aliphatic rings. The molecule has 2 aliphatic heterocycles. The van der Waals surface area contributed by atoms with Crippen LogP contribution in [0, 0.1) is 6.92 Å². The van der Waals surface area contributed by atoms with Crippen molar-refractivity contribution in [3.63, 3.8) is 0 Å². The van der Waals surface area contributed by atoms with Crippen LogP contribution >= 0.6 is 0 Å². The van der Waals surface area contributed by atoms with E-state index < -0.39 is 58.1 Å². The zero-order chi connectivity index (χ0) is 46.8. The number of esters is 2. The molecule has 4 atom stereocenters. The minimum absolute atomic E-state index is 0.0289. The van der Waals surface area contributed by atoms with E-state index >= 15 is 0 Å². The number of carbonyl (C=O) groups excluding carboxylic acids is 6. The highest BCUT2D eigenvalue weighted by molar-refractivity contribution is 6.29. The van der Waals surface area contributed by atoms with Crippen LogP contribution < -0.4 is 0 Å². The maximum absolute atomic E-state index is 14.2. The fraction of sp³-hybridized carbons (Fsp3) is 0.480. The third kappa shape index (κ3) is 11.6. The monoisotopic (exact) mass is 884 g/mol. The minimum Gasteiger partial charge on any atom is -0.508 e. The highest BCUT2D eigenvalue weighted by Gasteiger charge is 2.53. The second kappa shape index (κ2) is 21.7. The molecule has 0 spiro atoms. The summed E-state index contributed by atoms with van der Waals surface area (Å²) in [5, 5.41) is 39.9. The van der Waals surface area contributed by atoms with Crippen LogP contribution in [0.1, 0.15) is 134 Å². The quantitative estimate of drug-likeness (QED) is 0.0405. The molecule has 0 radical (unpaired) electrons. The number of phenols is 2. The van der Waals surface area contributed by atoms with Crippen molar-refractivity contribution < 1.29 is 68.1 Å². The summed E-state index contributed by atoms with van der Waals surface area (Å²) in [6, 6.07) is 2.15. The Kier molecular flexibility index (Phi) is 16.7. The molecule has 0 saturated heterocycles. The van der Waals surface area contributed by atoms with Gasteiger partial charge in [0, 0.05) is 30.1 Å². The Labute approximate surface area is 373 Å². The standard InChI is InChI=1S/C50H60O14/c1-6-17-33(52)18-14-12-10-8-7-9-11-13-15-21-43(56)63-50(5)45(57)37(38-27-36(23-31(3)51)62-29-40(38)47(50)59)20-16-19-35-24-32-25-42(55)49(4,46(58)39(32)28-61-35)64-48(60)44-30(2)22-34(53)26-41(44)54/h16,19-20,22,24-28,31,33,51-54H,6-15,17-18,21,23,29H2,1-5H3/b19-16+,37-20+/t31-,33-,49-,50+/m0/s1. The number of Topliss-reactive ketones (excluding diaryl/α,β-unsaturated/α-hetero) is 3. The van der Waals surface area contributed by atoms with Gasteiger partial charge in [-0.05, 0) is 94.0 Å². The Morgan fingerprint density at radius 3 is 2.17 bits per heavy atom. The predicted molar refractivity (Wildman–Crippen MR) is 234 cm³/mol. The lowest BCUT2D eigenvalue weighted by Gasteiger charge is -2.35. The van der Waals surface area contributed by atoms with Crippen LogP contribution in [0.4, 0.5) is 0 Å². The number of aromatic hydroxyl groups is 2. The van der Waals surface area contributed by atoms with E-state index in [9.17, 15) is 49.2 Å². The van der Waals surface area contributed by atoms with E-state index in [1.54, 1.807) is 6.92 Å². The number of unbranched alkanes of at least 4 members (excludes halogenated alkanes) is 8. The van der Waals surface area contributed by atoms with Crippen LogP contribution in [0.2, 0.25) is 0 Å². The Bertz CT molecular complexity index is 2220. The molecule has 344 valence electrons. The van der Waals surface area contributed by atoms with Gasteiger partial charge < -0.3 is 39.4 Å². The number of ether oxygens (including phenoxy) is 4. The first-order chi connectivity index (χ1) is 30.4. The van der Waals surface area contributed by atoms with Crippen molar-refractivity contribution >= 4 is 35.1 Å². The molecule has 1 aromatic carbocycles. The topological polar surface area (TPSA) is 220 Å². The SMILES string of the molecule is CCC[C@H](O)CCCCCCCCCCCC(=O)O[C@@]1(C)C(=O)C2=C(C=C(C[C@H](C)O)OC2)/C(=C\C=C\C2=CC3=CC(=O)[C@](C)(OC(=O)c4c(C)cc(O)cc4O)C(=O)C3=CO2)C1=O. The van der Waals surface area contributed by atoms with Gasteiger partial charge in [-0.15, -0.1) is 0 Å². The van der Waals surface area contributed by atoms with Crippen LogP contribution in [0.3, 0.4) is 0 Å². The number of aliphatic hydroxyl groups is 2. The average Bonchev–Trinajstić information content (AvgIpc) is 3.22. The van der Waals surface area contributed by atoms with Crippen LogP contribution in [-0.2, 0) is 42.9 Å². The van der Waals surface area contributed by atoms with Gasteiger partial charge in [0.25, 0.3) is 0 Å². The maximum atomic E-state index is 14.2. The third-order valence-corrected chi connectivity index (χ3v) is 11.7. The van der Waals surface area contributed by atoms with Gasteiger partial charge in [0.2, 0.25) is 34.3 Å². The molecule has 5 rings (SSSR count). The third-order valence-electron chi connectivity index (χ3n) is 11.7. The van der Waals surface area contributed by atoms with Crippen molar-refractivity contribution in [2.75, 3.05) is 6.61 Å². The van der Waals surface area contributed by atoms with E-state index in [0.29, 0.717) is 12.2 Å². The number of aryl methyl sites for hydroxylation is 1. The first-order valence-electron chi connectivity index (χ1n) is 22.2. The fourth-order valence-electron chi connectivity index (χ4n) is 8.13. The van der Waals surface area contributed by atoms with Crippen LogP contribution in [0.25, 0.3) is 0 Å². The lowest BCUT2D eigenvalue weighted by Crippen LogP contribution is -2.53. The van der Waals surface area contributed by atoms with Gasteiger partial charge in [0.05, 0.1) is 23.5 Å². The molecule has 2 aliphatic carbocycles. The second-order valence-electron chi connectivity index (χ2n) is 17.2. The van der Waals surface area contributed by atoms with Crippen molar-refractivity contribution in [1.82, 2.24) is 0 Å². The number of rotatable bonds is 21. The second-order valence-corrected chi connectivity index (χ2v) is 17.2. The summed E-state index contributed by atoms with van der Waals surface area (Å²) in [6.07, 6.45) is 20.2. The van der Waals surface area contributed by atoms with Gasteiger partial charge in [-0.1, -0.05) is 76.9 Å². The maximum Gasteiger partial charge on any atom is 0.343 e. The van der Waals surface area contributed by atoms with Crippen molar-refractivity contribution in [3.8, 4) is 11.5 Å². The molecule has 0 bridgehead atoms. The average molecular weight is 885 g/mol. The lowest BCUT2D eigenvalue weighted by atomic mass is 9.75. The van der Waals surface area contributed by atoms with Crippen LogP contribution in [0.15, 0.2) is 94.2 Å². The molecule has 14 nitrogen and oxygen atoms in total. The summed E-state index contributed by atoms with van der Waals surface area (Å²) < 4.78 is 22.6. The number of hydrogen-bond donors (Lipinski definition) is 4. The summed E-state index contributed by atoms with van der Waals surface area (Å²) in [5.41, 5.74) is -4.08. The molecule has 0 unspecified atom stereocenters. The summed E-state index contributed by atoms with van der Waals surface area (Å²) in [7, 11) is 0. The molecule has 0 amide bonds. The van der Waals surface area contributed by atoms with Gasteiger partial charge in [0.15, 0.2) is 0 Å². The number of carbonyl (C=O) groups is 6. The van der Waals surface area contributed by atoms with Crippen molar-refractivity contribution in [1.29, 1.82) is 0 Å². The molecule has 2 heterocycles. The molecule has 4 N–H and O–H groups in total. The largest absolute Gasteiger partial charge is 0.508 e. The Hall–Kier alpha value is -5.86. The summed E-state index contributed by atoms with van der Waals surface area (Å²) in [5.74, 6) is -5.38. The van der Waals surface area contributed by atoms with Gasteiger partial charge in [-0.2, -0.15) is 0 Å². The van der Waals surface area contributed by atoms with Crippen molar-refractivity contribution in [2.24, 2.45) is 0 Å². The van der Waals surface area contributed by atoms with Crippen LogP contribution in [0.5, 0.6) is 11.5 Å². The molecular weight excluding hydrogens is 825 g/mol. The first-order valence-corrected chi connectivity index (χ1v) is 22.2. The molecular formula is C50H60O14. The number of hydrogen-bond acceptors (Lipinski definition) is 14. The van der Waals surface area contributed by atoms with Gasteiger partial charge in [-0.3, -0.25) is 24.0 Å². The summed E-state index contributed by atoms with van der Waals surface area (Å²) in [4.78, 5) is 81.4. The fourth-order valence-corrected chi connectivity index (χ4v) is 8.13. The number of ketones is 4. The normalized spacial score (nSPS) is 22.5. The molecule has 0 aromatic heterocycles. The summed E-state index contributed by atoms with van der Waals surface area (Å²) in [6.45, 7) is 7.28. The molecule has 1 aromatic rings. The highest BCUT2D eigenvalue weighted by atomic mass is 16.6. The first kappa shape index (κ1) is 49.2. The number of phenolic OH excluding ortho intramolecular Hbond substituents is 2. The Morgan fingerprint density at radius 2 is 1.52 bits per heavy atom. The predicted octanol–water partition coefficient (Wildman–Crippen LogP) is 7.57. The summed E-state index contributed by atoms with van der Waals surface area (Å²) >= 11 is 0. The molecule has 14 heteroatoms. The Morgan fingerprint density at radius 1 is 0.844 bits per heavy atom. The number of allylic oxidation sites excluding steroid dienone is 7. The van der Waals surface area contributed by atoms with E-state index in [0.717, 1.165) is 96.0 Å².